The first-order valence-corrected chi connectivity index (χ1v) is 6.56. The fourth-order valence-electron chi connectivity index (χ4n) is 1.76. The molecule has 0 heterocycles. The van der Waals surface area contributed by atoms with E-state index in [1.807, 2.05) is 0 Å². The van der Waals surface area contributed by atoms with Crippen LogP contribution >= 0.6 is 0 Å². The Bertz CT molecular complexity index is 787. The number of nitrogens with one attached hydrogen (secondary N) is 2. The van der Waals surface area contributed by atoms with Crippen LogP contribution in [0.3, 0.4) is 0 Å². The van der Waals surface area contributed by atoms with Gasteiger partial charge in [-0.2, -0.15) is 0 Å². The summed E-state index contributed by atoms with van der Waals surface area (Å²) >= 11 is 0. The Balaban J connectivity index is 1.96. The van der Waals surface area contributed by atoms with Crippen molar-refractivity contribution in [3.8, 4) is 0 Å². The van der Waals surface area contributed by atoms with Crippen LogP contribution in [0.25, 0.3) is 0 Å². The van der Waals surface area contributed by atoms with Crippen molar-refractivity contribution in [3.05, 3.63) is 81.0 Å². The molecule has 0 aromatic heterocycles. The summed E-state index contributed by atoms with van der Waals surface area (Å²) in [6.45, 7) is 0. The predicted octanol–water partition coefficient (Wildman–Crippen LogP) is 1.91. The Kier molecular flexibility index (Phi) is 5.13. The molecule has 8 heteroatoms. The summed E-state index contributed by atoms with van der Waals surface area (Å²) in [7, 11) is 0. The SMILES string of the molecule is O=[N+]([O-])c1cccc(N/C=C/C=[NH+]c2cccc([N+](=O)[O-])c2)c1. The number of nitro groups is 2. The van der Waals surface area contributed by atoms with Crippen LogP contribution in [0.15, 0.2) is 60.8 Å². The van der Waals surface area contributed by atoms with Crippen LogP contribution in [0.5, 0.6) is 0 Å². The van der Waals surface area contributed by atoms with E-state index in [0.717, 1.165) is 0 Å². The molecule has 0 saturated carbocycles. The number of rotatable bonds is 6. The predicted molar refractivity (Wildman–Crippen MR) is 85.6 cm³/mol. The van der Waals surface area contributed by atoms with Gasteiger partial charge in [0.05, 0.1) is 15.9 Å². The molecule has 2 aromatic rings. The third-order valence-corrected chi connectivity index (χ3v) is 2.81. The second-order valence-corrected chi connectivity index (χ2v) is 4.43. The Morgan fingerprint density at radius 1 is 0.957 bits per heavy atom. The quantitative estimate of drug-likeness (QED) is 0.480. The molecule has 2 N–H and O–H groups in total. The Morgan fingerprint density at radius 2 is 1.61 bits per heavy atom. The minimum Gasteiger partial charge on any atom is -0.361 e. The first-order chi connectivity index (χ1) is 11.1. The Labute approximate surface area is 131 Å². The third kappa shape index (κ3) is 4.74. The standard InChI is InChI=1S/C15H12N4O4/c20-18(21)14-6-1-4-12(10-14)16-8-3-9-17-13-5-2-7-15(11-13)19(22)23/h1-11,16H/p+1/b8-3+,17-9?. The highest BCUT2D eigenvalue weighted by Gasteiger charge is 2.07. The van der Waals surface area contributed by atoms with Crippen molar-refractivity contribution < 1.29 is 14.8 Å². The van der Waals surface area contributed by atoms with Crippen LogP contribution in [-0.4, -0.2) is 16.1 Å². The van der Waals surface area contributed by atoms with Gasteiger partial charge < -0.3 is 5.32 Å². The molecular weight excluding hydrogens is 300 g/mol. The molecule has 0 fully saturated rings. The molecule has 0 bridgehead atoms. The lowest BCUT2D eigenvalue weighted by atomic mass is 10.3. The first kappa shape index (κ1) is 15.8. The topological polar surface area (TPSA) is 112 Å². The van der Waals surface area contributed by atoms with E-state index in [1.54, 1.807) is 42.8 Å². The van der Waals surface area contributed by atoms with Crippen LogP contribution in [0, 0.1) is 20.2 Å². The van der Waals surface area contributed by atoms with Gasteiger partial charge in [0.15, 0.2) is 6.21 Å². The summed E-state index contributed by atoms with van der Waals surface area (Å²) < 4.78 is 0. The number of hydrogen-bond acceptors (Lipinski definition) is 5. The molecule has 0 atom stereocenters. The normalized spacial score (nSPS) is 11.0. The van der Waals surface area contributed by atoms with E-state index in [-0.39, 0.29) is 11.4 Å². The van der Waals surface area contributed by atoms with Gasteiger partial charge in [0, 0.05) is 42.2 Å². The van der Waals surface area contributed by atoms with E-state index < -0.39 is 9.85 Å². The molecule has 23 heavy (non-hydrogen) atoms. The van der Waals surface area contributed by atoms with Crippen molar-refractivity contribution in [1.82, 2.24) is 0 Å². The van der Waals surface area contributed by atoms with E-state index in [9.17, 15) is 20.2 Å². The second-order valence-electron chi connectivity index (χ2n) is 4.43. The molecule has 2 aromatic carbocycles. The highest BCUT2D eigenvalue weighted by Crippen LogP contribution is 2.16. The molecule has 116 valence electrons. The molecule has 0 unspecified atom stereocenters. The maximum absolute atomic E-state index is 10.7. The van der Waals surface area contributed by atoms with Crippen molar-refractivity contribution in [3.63, 3.8) is 0 Å². The number of non-ortho nitro benzene ring substituents is 2. The smallest absolute Gasteiger partial charge is 0.276 e. The minimum absolute atomic E-state index is 0.00194. The van der Waals surface area contributed by atoms with Gasteiger partial charge >= 0.3 is 0 Å². The summed E-state index contributed by atoms with van der Waals surface area (Å²) in [4.78, 5) is 23.3. The number of benzene rings is 2. The molecule has 8 nitrogen and oxygen atoms in total. The molecule has 0 saturated heterocycles. The average molecular weight is 313 g/mol. The zero-order chi connectivity index (χ0) is 16.7. The van der Waals surface area contributed by atoms with Gasteiger partial charge in [-0.1, -0.05) is 6.07 Å². The summed E-state index contributed by atoms with van der Waals surface area (Å²) in [5.74, 6) is 0. The first-order valence-electron chi connectivity index (χ1n) is 6.56. The van der Waals surface area contributed by atoms with Crippen LogP contribution in [0.1, 0.15) is 0 Å². The van der Waals surface area contributed by atoms with E-state index in [2.05, 4.69) is 10.3 Å². The molecule has 0 amide bonds. The monoisotopic (exact) mass is 313 g/mol. The average Bonchev–Trinajstić information content (AvgIpc) is 2.55. The van der Waals surface area contributed by atoms with Crippen LogP contribution in [-0.2, 0) is 0 Å². The highest BCUT2D eigenvalue weighted by atomic mass is 16.6. The van der Waals surface area contributed by atoms with Gasteiger partial charge in [0.25, 0.3) is 11.4 Å². The maximum Gasteiger partial charge on any atom is 0.276 e. The van der Waals surface area contributed by atoms with Crippen LogP contribution < -0.4 is 10.3 Å². The van der Waals surface area contributed by atoms with E-state index in [1.165, 1.54) is 24.3 Å². The molecule has 0 aliphatic carbocycles. The lowest BCUT2D eigenvalue weighted by molar-refractivity contribution is -0.387. The number of nitro benzene ring substituents is 2. The summed E-state index contributed by atoms with van der Waals surface area (Å²) in [5, 5.41) is 24.2. The van der Waals surface area contributed by atoms with Crippen molar-refractivity contribution in [2.45, 2.75) is 0 Å². The lowest BCUT2D eigenvalue weighted by Crippen LogP contribution is -2.60. The molecular formula is C15H13N4O4+. The van der Waals surface area contributed by atoms with Gasteiger partial charge in [-0.3, -0.25) is 20.2 Å². The van der Waals surface area contributed by atoms with E-state index in [4.69, 9.17) is 0 Å². The number of hydrogen-bond donors (Lipinski definition) is 2. The summed E-state index contributed by atoms with van der Waals surface area (Å²) in [5.41, 5.74) is 1.17. The fraction of sp³-hybridized carbons (Fsp3) is 0. The zero-order valence-corrected chi connectivity index (χ0v) is 11.9. The van der Waals surface area contributed by atoms with Crippen molar-refractivity contribution in [1.29, 1.82) is 0 Å². The van der Waals surface area contributed by atoms with Crippen LogP contribution in [0.2, 0.25) is 0 Å². The molecule has 2 rings (SSSR count). The van der Waals surface area contributed by atoms with Gasteiger partial charge in [-0.25, -0.2) is 4.99 Å². The highest BCUT2D eigenvalue weighted by molar-refractivity contribution is 5.67. The molecule has 0 radical (unpaired) electrons. The number of nitrogens with zero attached hydrogens (tertiary/aromatic N) is 2. The Hall–Kier alpha value is -3.55. The third-order valence-electron chi connectivity index (χ3n) is 2.81. The number of allylic oxidation sites excluding steroid dienone is 1. The van der Waals surface area contributed by atoms with Gasteiger partial charge in [-0.05, 0) is 12.1 Å². The summed E-state index contributed by atoms with van der Waals surface area (Å²) in [6, 6.07) is 12.2. The molecule has 0 aliphatic heterocycles. The zero-order valence-electron chi connectivity index (χ0n) is 11.9. The van der Waals surface area contributed by atoms with Gasteiger partial charge in [-0.15, -0.1) is 0 Å². The number of anilines is 1. The molecule has 0 aliphatic rings. The lowest BCUT2D eigenvalue weighted by Gasteiger charge is -1.98. The fourth-order valence-corrected chi connectivity index (χ4v) is 1.76. The van der Waals surface area contributed by atoms with Crippen molar-refractivity contribution in [2.75, 3.05) is 5.32 Å². The van der Waals surface area contributed by atoms with E-state index in [0.29, 0.717) is 11.4 Å². The summed E-state index contributed by atoms with van der Waals surface area (Å²) in [6.07, 6.45) is 4.81. The van der Waals surface area contributed by atoms with E-state index >= 15 is 0 Å². The molecule has 0 spiro atoms. The second kappa shape index (κ2) is 7.46. The Morgan fingerprint density at radius 3 is 2.30 bits per heavy atom. The van der Waals surface area contributed by atoms with Crippen molar-refractivity contribution >= 4 is 29.0 Å². The van der Waals surface area contributed by atoms with Crippen LogP contribution in [0.4, 0.5) is 22.7 Å². The van der Waals surface area contributed by atoms with Gasteiger partial charge in [0.2, 0.25) is 5.69 Å². The van der Waals surface area contributed by atoms with Crippen molar-refractivity contribution in [2.24, 2.45) is 0 Å². The largest absolute Gasteiger partial charge is 0.361 e. The minimum atomic E-state index is -0.467. The maximum atomic E-state index is 10.7. The van der Waals surface area contributed by atoms with Gasteiger partial charge in [0.1, 0.15) is 0 Å².